The Kier molecular flexibility index (Phi) is 4.33. The van der Waals surface area contributed by atoms with Crippen LogP contribution in [0.3, 0.4) is 0 Å². The second kappa shape index (κ2) is 6.43. The summed E-state index contributed by atoms with van der Waals surface area (Å²) in [6.45, 7) is 8.95. The Morgan fingerprint density at radius 1 is 1.25 bits per heavy atom. The van der Waals surface area contributed by atoms with Crippen molar-refractivity contribution in [1.29, 1.82) is 0 Å². The molecule has 1 atom stereocenters. The first-order valence-electron chi connectivity index (χ1n) is 8.07. The van der Waals surface area contributed by atoms with E-state index < -0.39 is 0 Å². The molecule has 0 radical (unpaired) electrons. The Balaban J connectivity index is 1.77. The summed E-state index contributed by atoms with van der Waals surface area (Å²) in [6.07, 6.45) is 5.11. The number of H-pyrrole nitrogens is 1. The Morgan fingerprint density at radius 3 is 2.71 bits per heavy atom. The molecule has 0 aliphatic rings. The van der Waals surface area contributed by atoms with Crippen LogP contribution in [0.25, 0.3) is 11.2 Å². The van der Waals surface area contributed by atoms with Crippen LogP contribution < -0.4 is 5.32 Å². The lowest BCUT2D eigenvalue weighted by atomic mass is 10.2. The molecule has 0 bridgehead atoms. The summed E-state index contributed by atoms with van der Waals surface area (Å²) in [5.41, 5.74) is 2.98. The molecule has 7 nitrogen and oxygen atoms in total. The number of carbonyl (C=O) groups excluding carboxylic acids is 1. The highest BCUT2D eigenvalue weighted by molar-refractivity contribution is 5.96. The zero-order valence-electron chi connectivity index (χ0n) is 14.4. The summed E-state index contributed by atoms with van der Waals surface area (Å²) in [7, 11) is 0. The molecular formula is C17H22N6O. The van der Waals surface area contributed by atoms with Crippen molar-refractivity contribution in [3.8, 4) is 0 Å². The Bertz CT molecular complexity index is 863. The van der Waals surface area contributed by atoms with E-state index in [1.165, 1.54) is 0 Å². The number of fused-ring (bicyclic) bond motifs is 1. The number of nitrogens with one attached hydrogen (secondary N) is 2. The van der Waals surface area contributed by atoms with Crippen LogP contribution in [-0.2, 0) is 6.54 Å². The molecule has 3 aromatic heterocycles. The predicted molar refractivity (Wildman–Crippen MR) is 91.6 cm³/mol. The van der Waals surface area contributed by atoms with Crippen LogP contribution in [0.5, 0.6) is 0 Å². The lowest BCUT2D eigenvalue weighted by molar-refractivity contribution is 0.0938. The molecule has 24 heavy (non-hydrogen) atoms. The third-order valence-electron chi connectivity index (χ3n) is 3.76. The molecular weight excluding hydrogens is 304 g/mol. The number of amides is 1. The van der Waals surface area contributed by atoms with Gasteiger partial charge in [-0.25, -0.2) is 15.0 Å². The van der Waals surface area contributed by atoms with E-state index >= 15 is 0 Å². The predicted octanol–water partition coefficient (Wildman–Crippen LogP) is 2.61. The highest BCUT2D eigenvalue weighted by Crippen LogP contribution is 2.15. The molecule has 0 fully saturated rings. The molecule has 0 spiro atoms. The van der Waals surface area contributed by atoms with Crippen LogP contribution in [0.15, 0.2) is 24.8 Å². The van der Waals surface area contributed by atoms with Crippen molar-refractivity contribution in [1.82, 2.24) is 29.8 Å². The first-order chi connectivity index (χ1) is 11.4. The molecule has 1 amide bonds. The number of aromatic nitrogens is 5. The molecule has 3 rings (SSSR count). The van der Waals surface area contributed by atoms with Gasteiger partial charge in [0.25, 0.3) is 5.91 Å². The van der Waals surface area contributed by atoms with Gasteiger partial charge in [0.2, 0.25) is 0 Å². The molecule has 0 aliphatic heterocycles. The largest absolute Gasteiger partial charge is 0.344 e. The summed E-state index contributed by atoms with van der Waals surface area (Å²) in [5.74, 6) is 1.05. The minimum atomic E-state index is -0.208. The number of hydrogen-bond acceptors (Lipinski definition) is 4. The molecule has 3 heterocycles. The highest BCUT2D eigenvalue weighted by atomic mass is 16.1. The van der Waals surface area contributed by atoms with Crippen LogP contribution in [0, 0.1) is 12.8 Å². The number of aryl methyl sites for hydroxylation is 1. The summed E-state index contributed by atoms with van der Waals surface area (Å²) < 4.78 is 2.01. The Labute approximate surface area is 140 Å². The van der Waals surface area contributed by atoms with E-state index in [1.807, 2.05) is 18.4 Å². The number of carbonyl (C=O) groups is 1. The molecule has 3 aromatic rings. The zero-order chi connectivity index (χ0) is 17.3. The molecule has 7 heteroatoms. The maximum absolute atomic E-state index is 12.4. The van der Waals surface area contributed by atoms with Gasteiger partial charge >= 0.3 is 0 Å². The number of rotatable bonds is 5. The zero-order valence-corrected chi connectivity index (χ0v) is 14.4. The van der Waals surface area contributed by atoms with Gasteiger partial charge in [0.05, 0.1) is 17.9 Å². The molecule has 0 aliphatic carbocycles. The van der Waals surface area contributed by atoms with Gasteiger partial charge in [-0.1, -0.05) is 13.8 Å². The second-order valence-electron chi connectivity index (χ2n) is 6.50. The average molecular weight is 326 g/mol. The van der Waals surface area contributed by atoms with E-state index in [2.05, 4.69) is 39.1 Å². The standard InChI is InChI=1S/C17H22N6O/c1-10(2)8-23-9-20-14-5-13(7-19-16(14)23)17(24)22-12(4)15-18-6-11(3)21-15/h5-7,9-10,12H,8H2,1-4H3,(H,18,21)(H,22,24). The lowest BCUT2D eigenvalue weighted by Gasteiger charge is -2.11. The van der Waals surface area contributed by atoms with Gasteiger partial charge in [-0.15, -0.1) is 0 Å². The highest BCUT2D eigenvalue weighted by Gasteiger charge is 2.15. The molecule has 0 saturated heterocycles. The molecule has 0 aromatic carbocycles. The van der Waals surface area contributed by atoms with Crippen molar-refractivity contribution in [3.63, 3.8) is 0 Å². The van der Waals surface area contributed by atoms with E-state index in [1.54, 1.807) is 24.8 Å². The fourth-order valence-electron chi connectivity index (χ4n) is 2.60. The third-order valence-corrected chi connectivity index (χ3v) is 3.76. The van der Waals surface area contributed by atoms with E-state index in [0.717, 1.165) is 29.2 Å². The molecule has 126 valence electrons. The van der Waals surface area contributed by atoms with Gasteiger partial charge in [-0.2, -0.15) is 0 Å². The van der Waals surface area contributed by atoms with E-state index in [4.69, 9.17) is 0 Å². The molecule has 2 N–H and O–H groups in total. The van der Waals surface area contributed by atoms with E-state index in [0.29, 0.717) is 11.5 Å². The van der Waals surface area contributed by atoms with Crippen molar-refractivity contribution < 1.29 is 4.79 Å². The summed E-state index contributed by atoms with van der Waals surface area (Å²) >= 11 is 0. The maximum Gasteiger partial charge on any atom is 0.253 e. The monoisotopic (exact) mass is 326 g/mol. The average Bonchev–Trinajstić information content (AvgIpc) is 3.13. The van der Waals surface area contributed by atoms with E-state index in [-0.39, 0.29) is 11.9 Å². The van der Waals surface area contributed by atoms with Crippen LogP contribution in [-0.4, -0.2) is 30.4 Å². The van der Waals surface area contributed by atoms with Crippen molar-refractivity contribution in [2.24, 2.45) is 5.92 Å². The van der Waals surface area contributed by atoms with Gasteiger partial charge in [0.15, 0.2) is 5.65 Å². The van der Waals surface area contributed by atoms with Crippen molar-refractivity contribution >= 4 is 17.1 Å². The quantitative estimate of drug-likeness (QED) is 0.754. The number of hydrogen-bond donors (Lipinski definition) is 2. The number of nitrogens with zero attached hydrogens (tertiary/aromatic N) is 4. The molecule has 1 unspecified atom stereocenters. The number of pyridine rings is 1. The number of imidazole rings is 2. The van der Waals surface area contributed by atoms with Gasteiger partial charge < -0.3 is 14.9 Å². The van der Waals surface area contributed by atoms with Crippen molar-refractivity contribution in [3.05, 3.63) is 41.9 Å². The first-order valence-corrected chi connectivity index (χ1v) is 8.07. The van der Waals surface area contributed by atoms with Crippen molar-refractivity contribution in [2.45, 2.75) is 40.3 Å². The van der Waals surface area contributed by atoms with Gasteiger partial charge in [-0.05, 0) is 25.8 Å². The van der Waals surface area contributed by atoms with Crippen LogP contribution in [0.2, 0.25) is 0 Å². The van der Waals surface area contributed by atoms with E-state index in [9.17, 15) is 4.79 Å². The third kappa shape index (κ3) is 3.29. The van der Waals surface area contributed by atoms with Gasteiger partial charge in [-0.3, -0.25) is 4.79 Å². The summed E-state index contributed by atoms with van der Waals surface area (Å²) in [5, 5.41) is 2.92. The van der Waals surface area contributed by atoms with Gasteiger partial charge in [0.1, 0.15) is 11.3 Å². The normalized spacial score (nSPS) is 12.7. The number of aromatic amines is 1. The second-order valence-corrected chi connectivity index (χ2v) is 6.50. The fourth-order valence-corrected chi connectivity index (χ4v) is 2.60. The Morgan fingerprint density at radius 2 is 2.04 bits per heavy atom. The maximum atomic E-state index is 12.4. The minimum absolute atomic E-state index is 0.190. The fraction of sp³-hybridized carbons (Fsp3) is 0.412. The minimum Gasteiger partial charge on any atom is -0.344 e. The Hall–Kier alpha value is -2.70. The lowest BCUT2D eigenvalue weighted by Crippen LogP contribution is -2.27. The molecule has 0 saturated carbocycles. The summed E-state index contributed by atoms with van der Waals surface area (Å²) in [6, 6.07) is 1.56. The summed E-state index contributed by atoms with van der Waals surface area (Å²) in [4.78, 5) is 28.6. The van der Waals surface area contributed by atoms with Crippen LogP contribution in [0.1, 0.15) is 48.7 Å². The van der Waals surface area contributed by atoms with Crippen molar-refractivity contribution in [2.75, 3.05) is 0 Å². The SMILES string of the molecule is Cc1cnc(C(C)NC(=O)c2cnc3c(c2)ncn3CC(C)C)[nH]1. The smallest absolute Gasteiger partial charge is 0.253 e. The van der Waals surface area contributed by atoms with Gasteiger partial charge in [0, 0.05) is 24.6 Å². The van der Waals surface area contributed by atoms with Crippen LogP contribution >= 0.6 is 0 Å². The topological polar surface area (TPSA) is 88.5 Å². The van der Waals surface area contributed by atoms with Crippen LogP contribution in [0.4, 0.5) is 0 Å². The first kappa shape index (κ1) is 16.2.